The Hall–Kier alpha value is -2.08. The van der Waals surface area contributed by atoms with Gasteiger partial charge in [0.1, 0.15) is 0 Å². The Labute approximate surface area is 128 Å². The van der Waals surface area contributed by atoms with Gasteiger partial charge < -0.3 is 15.6 Å². The molecule has 0 unspecified atom stereocenters. The first kappa shape index (κ1) is 14.8. The maximum absolute atomic E-state index is 12.2. The molecule has 2 aromatic rings. The van der Waals surface area contributed by atoms with E-state index in [0.717, 1.165) is 30.4 Å². The van der Waals surface area contributed by atoms with Gasteiger partial charge in [-0.05, 0) is 38.1 Å². The number of aromatic nitrogens is 2. The van der Waals surface area contributed by atoms with Crippen LogP contribution in [0, 0.1) is 0 Å². The van der Waals surface area contributed by atoms with Crippen LogP contribution < -0.4 is 16.3 Å². The van der Waals surface area contributed by atoms with Crippen LogP contribution in [0.4, 0.5) is 0 Å². The molecule has 1 aromatic heterocycles. The lowest BCUT2D eigenvalue weighted by molar-refractivity contribution is 0.0954. The van der Waals surface area contributed by atoms with E-state index in [4.69, 9.17) is 0 Å². The van der Waals surface area contributed by atoms with Crippen LogP contribution in [0.15, 0.2) is 23.0 Å². The average molecular weight is 302 g/mol. The highest BCUT2D eigenvalue weighted by molar-refractivity contribution is 5.97. The van der Waals surface area contributed by atoms with E-state index < -0.39 is 0 Å². The van der Waals surface area contributed by atoms with Crippen molar-refractivity contribution in [1.29, 1.82) is 0 Å². The van der Waals surface area contributed by atoms with Crippen LogP contribution in [0.2, 0.25) is 0 Å². The van der Waals surface area contributed by atoms with E-state index in [0.29, 0.717) is 12.1 Å². The van der Waals surface area contributed by atoms with Gasteiger partial charge in [-0.1, -0.05) is 12.8 Å². The summed E-state index contributed by atoms with van der Waals surface area (Å²) in [7, 11) is 1.84. The smallest absolute Gasteiger partial charge is 0.326 e. The zero-order chi connectivity index (χ0) is 15.5. The lowest BCUT2D eigenvalue weighted by Gasteiger charge is -2.11. The fourth-order valence-electron chi connectivity index (χ4n) is 3.20. The highest BCUT2D eigenvalue weighted by Gasteiger charge is 2.21. The number of hydrogen-bond acceptors (Lipinski definition) is 3. The fraction of sp³-hybridized carbons (Fsp3) is 0.500. The molecule has 6 heteroatoms. The summed E-state index contributed by atoms with van der Waals surface area (Å²) in [6.45, 7) is 1.30. The van der Waals surface area contributed by atoms with Gasteiger partial charge in [-0.3, -0.25) is 9.36 Å². The molecule has 22 heavy (non-hydrogen) atoms. The molecule has 0 saturated heterocycles. The third-order valence-corrected chi connectivity index (χ3v) is 4.33. The highest BCUT2D eigenvalue weighted by Crippen LogP contribution is 2.30. The van der Waals surface area contributed by atoms with Crippen molar-refractivity contribution in [2.45, 2.75) is 31.7 Å². The number of carbonyl (C=O) groups excluding carboxylic acids is 1. The van der Waals surface area contributed by atoms with Crippen molar-refractivity contribution in [2.75, 3.05) is 20.1 Å². The predicted molar refractivity (Wildman–Crippen MR) is 86.3 cm³/mol. The Morgan fingerprint density at radius 2 is 2.09 bits per heavy atom. The maximum Gasteiger partial charge on any atom is 0.326 e. The van der Waals surface area contributed by atoms with Crippen molar-refractivity contribution >= 4 is 16.9 Å². The third kappa shape index (κ3) is 2.78. The molecule has 0 bridgehead atoms. The molecule has 0 atom stereocenters. The second-order valence-electron chi connectivity index (χ2n) is 5.83. The SMILES string of the molecule is CNCCNC(=O)c1ccc2c(c1)[nH]c(=O)n2C1CCCC1. The van der Waals surface area contributed by atoms with Crippen LogP contribution in [0.5, 0.6) is 0 Å². The maximum atomic E-state index is 12.2. The largest absolute Gasteiger partial charge is 0.351 e. The first-order valence-corrected chi connectivity index (χ1v) is 7.88. The Morgan fingerprint density at radius 1 is 1.32 bits per heavy atom. The monoisotopic (exact) mass is 302 g/mol. The molecule has 1 heterocycles. The molecule has 118 valence electrons. The van der Waals surface area contributed by atoms with Gasteiger partial charge in [0.05, 0.1) is 11.0 Å². The van der Waals surface area contributed by atoms with E-state index in [1.807, 2.05) is 17.7 Å². The Kier molecular flexibility index (Phi) is 4.29. The first-order chi connectivity index (χ1) is 10.7. The second kappa shape index (κ2) is 6.36. The van der Waals surface area contributed by atoms with E-state index in [9.17, 15) is 9.59 Å². The number of carbonyl (C=O) groups is 1. The zero-order valence-electron chi connectivity index (χ0n) is 12.8. The summed E-state index contributed by atoms with van der Waals surface area (Å²) in [5, 5.41) is 5.82. The van der Waals surface area contributed by atoms with Gasteiger partial charge in [-0.2, -0.15) is 0 Å². The van der Waals surface area contributed by atoms with Crippen LogP contribution in [0.25, 0.3) is 11.0 Å². The van der Waals surface area contributed by atoms with Gasteiger partial charge in [-0.25, -0.2) is 4.79 Å². The summed E-state index contributed by atoms with van der Waals surface area (Å²) in [5.74, 6) is -0.119. The number of hydrogen-bond donors (Lipinski definition) is 3. The van der Waals surface area contributed by atoms with Crippen LogP contribution in [-0.4, -0.2) is 35.6 Å². The van der Waals surface area contributed by atoms with Gasteiger partial charge >= 0.3 is 5.69 Å². The van der Waals surface area contributed by atoms with Crippen LogP contribution in [0.3, 0.4) is 0 Å². The number of H-pyrrole nitrogens is 1. The molecule has 6 nitrogen and oxygen atoms in total. The van der Waals surface area contributed by atoms with Crippen molar-refractivity contribution in [2.24, 2.45) is 0 Å². The van der Waals surface area contributed by atoms with Crippen LogP contribution >= 0.6 is 0 Å². The van der Waals surface area contributed by atoms with E-state index in [-0.39, 0.29) is 17.6 Å². The van der Waals surface area contributed by atoms with Crippen LogP contribution in [-0.2, 0) is 0 Å². The number of imidazole rings is 1. The molecular formula is C16H22N4O2. The summed E-state index contributed by atoms with van der Waals surface area (Å²) in [6.07, 6.45) is 4.46. The average Bonchev–Trinajstić information content (AvgIpc) is 3.12. The minimum atomic E-state index is -0.119. The van der Waals surface area contributed by atoms with Crippen molar-refractivity contribution in [3.63, 3.8) is 0 Å². The molecule has 1 aromatic carbocycles. The van der Waals surface area contributed by atoms with Gasteiger partial charge in [0, 0.05) is 24.7 Å². The minimum Gasteiger partial charge on any atom is -0.351 e. The topological polar surface area (TPSA) is 78.9 Å². The molecule has 1 aliphatic carbocycles. The van der Waals surface area contributed by atoms with Crippen molar-refractivity contribution in [3.8, 4) is 0 Å². The van der Waals surface area contributed by atoms with E-state index in [2.05, 4.69) is 15.6 Å². The standard InChI is InChI=1S/C16H22N4O2/c1-17-8-9-18-15(21)11-6-7-14-13(10-11)19-16(22)20(14)12-4-2-3-5-12/h6-7,10,12,17H,2-5,8-9H2,1H3,(H,18,21)(H,19,22). The van der Waals surface area contributed by atoms with Crippen LogP contribution in [0.1, 0.15) is 42.1 Å². The highest BCUT2D eigenvalue weighted by atomic mass is 16.2. The summed E-state index contributed by atoms with van der Waals surface area (Å²) in [4.78, 5) is 27.2. The lowest BCUT2D eigenvalue weighted by atomic mass is 10.1. The molecular weight excluding hydrogens is 280 g/mol. The number of aromatic amines is 1. The quantitative estimate of drug-likeness (QED) is 0.730. The zero-order valence-corrected chi connectivity index (χ0v) is 12.8. The Morgan fingerprint density at radius 3 is 2.82 bits per heavy atom. The molecule has 1 aliphatic rings. The summed E-state index contributed by atoms with van der Waals surface area (Å²) in [5.41, 5.74) is 2.12. The first-order valence-electron chi connectivity index (χ1n) is 7.88. The van der Waals surface area contributed by atoms with Gasteiger partial charge in [0.15, 0.2) is 0 Å². The minimum absolute atomic E-state index is 0.0744. The number of likely N-dealkylation sites (N-methyl/N-ethyl adjacent to an activating group) is 1. The summed E-state index contributed by atoms with van der Waals surface area (Å²) in [6, 6.07) is 5.71. The molecule has 0 spiro atoms. The van der Waals surface area contributed by atoms with Gasteiger partial charge in [-0.15, -0.1) is 0 Å². The fourth-order valence-corrected chi connectivity index (χ4v) is 3.20. The van der Waals surface area contributed by atoms with E-state index in [1.54, 1.807) is 12.1 Å². The number of benzene rings is 1. The molecule has 1 saturated carbocycles. The third-order valence-electron chi connectivity index (χ3n) is 4.33. The molecule has 1 amide bonds. The van der Waals surface area contributed by atoms with E-state index >= 15 is 0 Å². The number of nitrogens with one attached hydrogen (secondary N) is 3. The molecule has 0 aliphatic heterocycles. The van der Waals surface area contributed by atoms with E-state index in [1.165, 1.54) is 12.8 Å². The molecule has 0 radical (unpaired) electrons. The summed E-state index contributed by atoms with van der Waals surface area (Å²) >= 11 is 0. The van der Waals surface area contributed by atoms with Crippen molar-refractivity contribution < 1.29 is 4.79 Å². The number of fused-ring (bicyclic) bond motifs is 1. The molecule has 3 N–H and O–H groups in total. The lowest BCUT2D eigenvalue weighted by Crippen LogP contribution is -2.30. The second-order valence-corrected chi connectivity index (χ2v) is 5.83. The van der Waals surface area contributed by atoms with Crippen molar-refractivity contribution in [1.82, 2.24) is 20.2 Å². The normalized spacial score (nSPS) is 15.5. The molecule has 3 rings (SSSR count). The van der Waals surface area contributed by atoms with Gasteiger partial charge in [0.25, 0.3) is 5.91 Å². The number of rotatable bonds is 5. The Bertz CT molecular complexity index is 725. The predicted octanol–water partition coefficient (Wildman–Crippen LogP) is 1.39. The van der Waals surface area contributed by atoms with Crippen molar-refractivity contribution in [3.05, 3.63) is 34.2 Å². The van der Waals surface area contributed by atoms with Gasteiger partial charge in [0.2, 0.25) is 0 Å². The summed E-state index contributed by atoms with van der Waals surface area (Å²) < 4.78 is 1.85. The number of nitrogens with zero attached hydrogens (tertiary/aromatic N) is 1. The number of amides is 1. The Balaban J connectivity index is 1.88. The molecule has 1 fully saturated rings.